The lowest BCUT2D eigenvalue weighted by molar-refractivity contribution is -0.118. The van der Waals surface area contributed by atoms with Crippen molar-refractivity contribution in [3.63, 3.8) is 0 Å². The van der Waals surface area contributed by atoms with Gasteiger partial charge in [-0.2, -0.15) is 0 Å². The zero-order valence-electron chi connectivity index (χ0n) is 15.2. The van der Waals surface area contributed by atoms with Crippen LogP contribution in [0.3, 0.4) is 0 Å². The van der Waals surface area contributed by atoms with E-state index in [-0.39, 0.29) is 12.5 Å². The molecule has 1 amide bonds. The van der Waals surface area contributed by atoms with Crippen molar-refractivity contribution in [1.82, 2.24) is 0 Å². The molecule has 4 nitrogen and oxygen atoms in total. The maximum atomic E-state index is 12.3. The van der Waals surface area contributed by atoms with Crippen LogP contribution >= 0.6 is 27.5 Å². The molecule has 1 N–H and O–H groups in total. The Labute approximate surface area is 168 Å². The van der Waals surface area contributed by atoms with E-state index in [9.17, 15) is 4.79 Å². The first-order valence-electron chi connectivity index (χ1n) is 8.53. The highest BCUT2D eigenvalue weighted by molar-refractivity contribution is 9.10. The van der Waals surface area contributed by atoms with Crippen molar-refractivity contribution in [2.24, 2.45) is 0 Å². The van der Waals surface area contributed by atoms with Gasteiger partial charge in [0.25, 0.3) is 5.91 Å². The normalized spacial score (nSPS) is 10.5. The average Bonchev–Trinajstić information content (AvgIpc) is 2.63. The molecule has 0 heterocycles. The molecule has 0 unspecified atom stereocenters. The van der Waals surface area contributed by atoms with Crippen LogP contribution in [0.15, 0.2) is 34.8 Å². The van der Waals surface area contributed by atoms with Gasteiger partial charge in [-0.1, -0.05) is 37.1 Å². The summed E-state index contributed by atoms with van der Waals surface area (Å²) in [7, 11) is 0. The lowest BCUT2D eigenvalue weighted by Gasteiger charge is -2.14. The molecule has 0 radical (unpaired) electrons. The van der Waals surface area contributed by atoms with Crippen LogP contribution in [0, 0.1) is 13.8 Å². The van der Waals surface area contributed by atoms with Crippen molar-refractivity contribution < 1.29 is 14.3 Å². The lowest BCUT2D eigenvalue weighted by atomic mass is 10.1. The number of amides is 1. The third-order valence-electron chi connectivity index (χ3n) is 3.84. The number of nitrogens with one attached hydrogen (secondary N) is 1. The van der Waals surface area contributed by atoms with Gasteiger partial charge in [0.15, 0.2) is 6.61 Å². The number of halogens is 2. The molecule has 0 atom stereocenters. The summed E-state index contributed by atoms with van der Waals surface area (Å²) in [6.45, 7) is 6.42. The van der Waals surface area contributed by atoms with Crippen molar-refractivity contribution in [2.75, 3.05) is 18.5 Å². The van der Waals surface area contributed by atoms with Gasteiger partial charge in [-0.3, -0.25) is 4.79 Å². The summed E-state index contributed by atoms with van der Waals surface area (Å²) in [4.78, 5) is 12.3. The smallest absolute Gasteiger partial charge is 0.262 e. The number of hydrogen-bond acceptors (Lipinski definition) is 3. The van der Waals surface area contributed by atoms with Gasteiger partial charge >= 0.3 is 0 Å². The molecular formula is C20H23BrClNO3. The number of anilines is 1. The van der Waals surface area contributed by atoms with E-state index in [0.717, 1.165) is 28.4 Å². The average molecular weight is 441 g/mol. The molecule has 0 aliphatic heterocycles. The summed E-state index contributed by atoms with van der Waals surface area (Å²) in [5.41, 5.74) is 2.42. The monoisotopic (exact) mass is 439 g/mol. The zero-order chi connectivity index (χ0) is 19.1. The molecule has 26 heavy (non-hydrogen) atoms. The molecule has 0 spiro atoms. The highest BCUT2D eigenvalue weighted by atomic mass is 79.9. The number of benzene rings is 2. The van der Waals surface area contributed by atoms with E-state index in [1.807, 2.05) is 44.2 Å². The quantitative estimate of drug-likeness (QED) is 0.519. The van der Waals surface area contributed by atoms with E-state index in [1.165, 1.54) is 0 Å². The molecule has 2 aromatic carbocycles. The molecule has 6 heteroatoms. The molecule has 140 valence electrons. The van der Waals surface area contributed by atoms with Crippen LogP contribution in [0.4, 0.5) is 5.69 Å². The van der Waals surface area contributed by atoms with Gasteiger partial charge in [-0.05, 0) is 65.5 Å². The van der Waals surface area contributed by atoms with Gasteiger partial charge in [0.1, 0.15) is 11.5 Å². The van der Waals surface area contributed by atoms with Crippen LogP contribution in [0.5, 0.6) is 11.5 Å². The first-order valence-corrected chi connectivity index (χ1v) is 9.70. The number of unbranched alkanes of at least 4 members (excludes halogenated alkanes) is 1. The molecular weight excluding hydrogens is 418 g/mol. The molecule has 0 aliphatic carbocycles. The van der Waals surface area contributed by atoms with Gasteiger partial charge in [0.2, 0.25) is 0 Å². The molecule has 0 fully saturated rings. The van der Waals surface area contributed by atoms with Crippen LogP contribution in [0.1, 0.15) is 30.9 Å². The predicted molar refractivity (Wildman–Crippen MR) is 110 cm³/mol. The Kier molecular flexibility index (Phi) is 7.79. The van der Waals surface area contributed by atoms with Crippen molar-refractivity contribution in [2.45, 2.75) is 33.6 Å². The first kappa shape index (κ1) is 20.6. The van der Waals surface area contributed by atoms with Gasteiger partial charge < -0.3 is 14.8 Å². The third kappa shape index (κ3) is 5.39. The number of carbonyl (C=O) groups is 1. The Balaban J connectivity index is 2.00. The first-order chi connectivity index (χ1) is 12.4. The minimum absolute atomic E-state index is 0.109. The fourth-order valence-corrected chi connectivity index (χ4v) is 3.05. The Morgan fingerprint density at radius 1 is 1.19 bits per heavy atom. The largest absolute Gasteiger partial charge is 0.491 e. The maximum absolute atomic E-state index is 12.3. The van der Waals surface area contributed by atoms with Crippen LogP contribution < -0.4 is 14.8 Å². The molecule has 0 aliphatic rings. The lowest BCUT2D eigenvalue weighted by Crippen LogP contribution is -2.21. The van der Waals surface area contributed by atoms with E-state index in [1.54, 1.807) is 0 Å². The number of aryl methyl sites for hydroxylation is 1. The SMILES string of the molecule is CCCCOc1ccccc1NC(=O)COc1cc(C)c(Cl)c(C)c1Br. The number of carbonyl (C=O) groups excluding carboxylic acids is 1. The minimum atomic E-state index is -0.256. The van der Waals surface area contributed by atoms with Crippen molar-refractivity contribution >= 4 is 39.1 Å². The van der Waals surface area contributed by atoms with E-state index >= 15 is 0 Å². The van der Waals surface area contributed by atoms with Gasteiger partial charge in [0, 0.05) is 5.02 Å². The summed E-state index contributed by atoms with van der Waals surface area (Å²) >= 11 is 9.68. The number of para-hydroxylation sites is 2. The molecule has 0 aromatic heterocycles. The summed E-state index contributed by atoms with van der Waals surface area (Å²) in [5, 5.41) is 3.52. The fourth-order valence-electron chi connectivity index (χ4n) is 2.36. The maximum Gasteiger partial charge on any atom is 0.262 e. The number of ether oxygens (including phenoxy) is 2. The molecule has 0 saturated carbocycles. The van der Waals surface area contributed by atoms with E-state index < -0.39 is 0 Å². The zero-order valence-corrected chi connectivity index (χ0v) is 17.5. The van der Waals surface area contributed by atoms with Crippen molar-refractivity contribution in [3.8, 4) is 11.5 Å². The molecule has 2 aromatic rings. The molecule has 2 rings (SSSR count). The topological polar surface area (TPSA) is 47.6 Å². The van der Waals surface area contributed by atoms with Crippen LogP contribution in [-0.4, -0.2) is 19.1 Å². The van der Waals surface area contributed by atoms with Crippen LogP contribution in [0.2, 0.25) is 5.02 Å². The van der Waals surface area contributed by atoms with E-state index in [2.05, 4.69) is 28.2 Å². The van der Waals surface area contributed by atoms with E-state index in [4.69, 9.17) is 21.1 Å². The van der Waals surface area contributed by atoms with Crippen LogP contribution in [-0.2, 0) is 4.79 Å². The fraction of sp³-hybridized carbons (Fsp3) is 0.350. The van der Waals surface area contributed by atoms with Crippen LogP contribution in [0.25, 0.3) is 0 Å². The van der Waals surface area contributed by atoms with Gasteiger partial charge in [-0.25, -0.2) is 0 Å². The standard InChI is InChI=1S/C20H23BrClNO3/c1-4-5-10-25-16-9-7-6-8-15(16)23-18(24)12-26-17-11-13(2)20(22)14(3)19(17)21/h6-9,11H,4-5,10,12H2,1-3H3,(H,23,24). The number of rotatable bonds is 8. The van der Waals surface area contributed by atoms with Gasteiger partial charge in [-0.15, -0.1) is 0 Å². The van der Waals surface area contributed by atoms with Gasteiger partial charge in [0.05, 0.1) is 16.8 Å². The summed E-state index contributed by atoms with van der Waals surface area (Å²) < 4.78 is 12.1. The highest BCUT2D eigenvalue weighted by Gasteiger charge is 2.13. The summed E-state index contributed by atoms with van der Waals surface area (Å²) in [6.07, 6.45) is 2.02. The Morgan fingerprint density at radius 2 is 1.92 bits per heavy atom. The Bertz CT molecular complexity index is 780. The highest BCUT2D eigenvalue weighted by Crippen LogP contribution is 2.35. The minimum Gasteiger partial charge on any atom is -0.491 e. The van der Waals surface area contributed by atoms with Crippen molar-refractivity contribution in [1.29, 1.82) is 0 Å². The summed E-state index contributed by atoms with van der Waals surface area (Å²) in [5.74, 6) is 0.995. The second-order valence-corrected chi connectivity index (χ2v) is 7.15. The number of hydrogen-bond donors (Lipinski definition) is 1. The molecule has 0 saturated heterocycles. The Hall–Kier alpha value is -1.72. The third-order valence-corrected chi connectivity index (χ3v) is 5.41. The van der Waals surface area contributed by atoms with E-state index in [0.29, 0.717) is 28.8 Å². The second-order valence-electron chi connectivity index (χ2n) is 5.98. The predicted octanol–water partition coefficient (Wildman–Crippen LogP) is 5.92. The second kappa shape index (κ2) is 9.83. The Morgan fingerprint density at radius 3 is 2.65 bits per heavy atom. The van der Waals surface area contributed by atoms with Crippen molar-refractivity contribution in [3.05, 3.63) is 51.0 Å². The molecule has 0 bridgehead atoms. The summed E-state index contributed by atoms with van der Waals surface area (Å²) in [6, 6.07) is 9.20.